The molecule has 0 atom stereocenters. The largest absolute Gasteiger partial charge is 0.508 e. The molecular formula is C25H19NO5. The monoisotopic (exact) mass is 413 g/mol. The van der Waals surface area contributed by atoms with E-state index in [-0.39, 0.29) is 28.6 Å². The Labute approximate surface area is 178 Å². The Morgan fingerprint density at radius 1 is 1.06 bits per heavy atom. The Bertz CT molecular complexity index is 1370. The van der Waals surface area contributed by atoms with Gasteiger partial charge >= 0.3 is 0 Å². The second-order valence-electron chi connectivity index (χ2n) is 7.36. The first-order valence-corrected chi connectivity index (χ1v) is 9.74. The summed E-state index contributed by atoms with van der Waals surface area (Å²) in [5, 5.41) is 20.7. The lowest BCUT2D eigenvalue weighted by Crippen LogP contribution is -1.99. The molecule has 6 nitrogen and oxygen atoms in total. The third-order valence-corrected chi connectivity index (χ3v) is 5.33. The van der Waals surface area contributed by atoms with Crippen LogP contribution in [0.25, 0.3) is 17.0 Å². The zero-order chi connectivity index (χ0) is 21.5. The van der Waals surface area contributed by atoms with Crippen molar-refractivity contribution in [3.05, 3.63) is 89.3 Å². The summed E-state index contributed by atoms with van der Waals surface area (Å²) in [7, 11) is 1.64. The Balaban J connectivity index is 1.56. The van der Waals surface area contributed by atoms with Gasteiger partial charge < -0.3 is 24.3 Å². The van der Waals surface area contributed by atoms with Gasteiger partial charge in [-0.3, -0.25) is 4.79 Å². The van der Waals surface area contributed by atoms with Crippen molar-refractivity contribution in [2.45, 2.75) is 6.54 Å². The Kier molecular flexibility index (Phi) is 4.40. The highest BCUT2D eigenvalue weighted by Crippen LogP contribution is 2.41. The molecule has 0 aliphatic carbocycles. The molecule has 1 aliphatic heterocycles. The van der Waals surface area contributed by atoms with Gasteiger partial charge in [0, 0.05) is 41.3 Å². The van der Waals surface area contributed by atoms with Crippen LogP contribution in [0.3, 0.4) is 0 Å². The molecule has 0 bridgehead atoms. The number of rotatable bonds is 4. The number of hydrogen-bond acceptors (Lipinski definition) is 5. The average Bonchev–Trinajstić information content (AvgIpc) is 3.26. The van der Waals surface area contributed by atoms with Gasteiger partial charge in [0.15, 0.2) is 5.76 Å². The van der Waals surface area contributed by atoms with Crippen LogP contribution in [0.15, 0.2) is 72.6 Å². The fourth-order valence-electron chi connectivity index (χ4n) is 3.91. The number of fused-ring (bicyclic) bond motifs is 2. The molecule has 0 spiro atoms. The quantitative estimate of drug-likeness (QED) is 0.473. The Morgan fingerprint density at radius 3 is 2.74 bits per heavy atom. The minimum absolute atomic E-state index is 0.0594. The van der Waals surface area contributed by atoms with E-state index in [2.05, 4.69) is 4.57 Å². The number of nitrogens with zero attached hydrogens (tertiary/aromatic N) is 1. The standard InChI is InChI=1S/C25H19NO5/c1-30-18-6-4-5-15(9-18)13-26-14-16(19-7-2-3-8-20(19)26)10-23-25(29)24-21(28)11-17(27)12-22(24)31-23/h2-12,14,27-28H,13H2,1H3/b23-10-. The molecule has 2 heterocycles. The van der Waals surface area contributed by atoms with Gasteiger partial charge in [-0.05, 0) is 29.8 Å². The van der Waals surface area contributed by atoms with Crippen molar-refractivity contribution in [1.82, 2.24) is 4.57 Å². The van der Waals surface area contributed by atoms with E-state index in [0.29, 0.717) is 6.54 Å². The maximum absolute atomic E-state index is 12.8. The molecule has 2 N–H and O–H groups in total. The lowest BCUT2D eigenvalue weighted by atomic mass is 10.1. The molecule has 0 radical (unpaired) electrons. The minimum atomic E-state index is -0.419. The molecule has 3 aromatic carbocycles. The number of carbonyl (C=O) groups excluding carboxylic acids is 1. The van der Waals surface area contributed by atoms with Crippen LogP contribution in [0.1, 0.15) is 21.5 Å². The van der Waals surface area contributed by atoms with Crippen molar-refractivity contribution in [2.24, 2.45) is 0 Å². The highest BCUT2D eigenvalue weighted by atomic mass is 16.5. The van der Waals surface area contributed by atoms with Crippen LogP contribution in [0.5, 0.6) is 23.0 Å². The van der Waals surface area contributed by atoms with E-state index in [4.69, 9.17) is 9.47 Å². The van der Waals surface area contributed by atoms with E-state index >= 15 is 0 Å². The molecule has 6 heteroatoms. The van der Waals surface area contributed by atoms with E-state index in [0.717, 1.165) is 33.8 Å². The van der Waals surface area contributed by atoms with Gasteiger partial charge in [0.1, 0.15) is 28.6 Å². The number of hydrogen-bond donors (Lipinski definition) is 2. The first-order chi connectivity index (χ1) is 15.0. The molecule has 5 rings (SSSR count). The van der Waals surface area contributed by atoms with Crippen LogP contribution in [0.2, 0.25) is 0 Å². The van der Waals surface area contributed by atoms with E-state index in [1.54, 1.807) is 13.2 Å². The van der Waals surface area contributed by atoms with Crippen LogP contribution >= 0.6 is 0 Å². The predicted molar refractivity (Wildman–Crippen MR) is 117 cm³/mol. The number of carbonyl (C=O) groups is 1. The van der Waals surface area contributed by atoms with E-state index in [1.165, 1.54) is 6.07 Å². The van der Waals surface area contributed by atoms with Crippen LogP contribution in [0, 0.1) is 0 Å². The zero-order valence-electron chi connectivity index (χ0n) is 16.7. The maximum atomic E-state index is 12.8. The molecule has 0 saturated carbocycles. The first-order valence-electron chi connectivity index (χ1n) is 9.74. The van der Waals surface area contributed by atoms with Crippen molar-refractivity contribution in [3.63, 3.8) is 0 Å². The highest BCUT2D eigenvalue weighted by Gasteiger charge is 2.31. The van der Waals surface area contributed by atoms with Crippen molar-refractivity contribution < 1.29 is 24.5 Å². The van der Waals surface area contributed by atoms with Gasteiger partial charge in [-0.15, -0.1) is 0 Å². The SMILES string of the molecule is COc1cccc(Cn2cc(/C=C3\Oc4cc(O)cc(O)c4C3=O)c3ccccc32)c1. The summed E-state index contributed by atoms with van der Waals surface area (Å²) in [5.74, 6) is 0.150. The van der Waals surface area contributed by atoms with Gasteiger partial charge in [0.05, 0.1) is 7.11 Å². The minimum Gasteiger partial charge on any atom is -0.508 e. The number of phenols is 2. The second kappa shape index (κ2) is 7.25. The Hall–Kier alpha value is -4.19. The fraction of sp³-hybridized carbons (Fsp3) is 0.0800. The summed E-state index contributed by atoms with van der Waals surface area (Å²) in [6, 6.07) is 18.2. The van der Waals surface area contributed by atoms with Crippen LogP contribution in [0.4, 0.5) is 0 Å². The van der Waals surface area contributed by atoms with Gasteiger partial charge in [0.2, 0.25) is 5.78 Å². The highest BCUT2D eigenvalue weighted by molar-refractivity contribution is 6.16. The van der Waals surface area contributed by atoms with Crippen molar-refractivity contribution >= 4 is 22.8 Å². The van der Waals surface area contributed by atoms with Crippen molar-refractivity contribution in [2.75, 3.05) is 7.11 Å². The fourth-order valence-corrected chi connectivity index (χ4v) is 3.91. The molecule has 0 fully saturated rings. The topological polar surface area (TPSA) is 80.9 Å². The van der Waals surface area contributed by atoms with E-state index in [1.807, 2.05) is 54.7 Å². The van der Waals surface area contributed by atoms with E-state index < -0.39 is 5.78 Å². The number of aromatic hydroxyl groups is 2. The zero-order valence-corrected chi connectivity index (χ0v) is 16.7. The number of para-hydroxylation sites is 1. The molecule has 0 saturated heterocycles. The first kappa shape index (κ1) is 18.8. The molecule has 4 aromatic rings. The number of benzene rings is 3. The van der Waals surface area contributed by atoms with Crippen molar-refractivity contribution in [1.29, 1.82) is 0 Å². The second-order valence-corrected chi connectivity index (χ2v) is 7.36. The number of methoxy groups -OCH3 is 1. The lowest BCUT2D eigenvalue weighted by molar-refractivity contribution is 0.101. The third-order valence-electron chi connectivity index (χ3n) is 5.33. The summed E-state index contributed by atoms with van der Waals surface area (Å²) >= 11 is 0. The summed E-state index contributed by atoms with van der Waals surface area (Å²) < 4.78 is 13.1. The van der Waals surface area contributed by atoms with E-state index in [9.17, 15) is 15.0 Å². The Morgan fingerprint density at radius 2 is 1.90 bits per heavy atom. The number of aromatic nitrogens is 1. The molecule has 0 amide bonds. The molecule has 1 aromatic heterocycles. The number of ketones is 1. The summed E-state index contributed by atoms with van der Waals surface area (Å²) in [4.78, 5) is 12.8. The van der Waals surface area contributed by atoms with Crippen LogP contribution in [-0.4, -0.2) is 27.7 Å². The number of Topliss-reactive ketones (excluding diaryl/α,β-unsaturated/α-hetero) is 1. The third kappa shape index (κ3) is 3.28. The summed E-state index contributed by atoms with van der Waals surface area (Å²) in [5.41, 5.74) is 2.98. The van der Waals surface area contributed by atoms with Gasteiger partial charge in [-0.2, -0.15) is 0 Å². The average molecular weight is 413 g/mol. The van der Waals surface area contributed by atoms with Gasteiger partial charge in [-0.1, -0.05) is 30.3 Å². The summed E-state index contributed by atoms with van der Waals surface area (Å²) in [6.07, 6.45) is 3.64. The number of ether oxygens (including phenoxy) is 2. The van der Waals surface area contributed by atoms with Crippen LogP contribution in [-0.2, 0) is 6.54 Å². The lowest BCUT2D eigenvalue weighted by Gasteiger charge is -2.07. The molecule has 154 valence electrons. The summed E-state index contributed by atoms with van der Waals surface area (Å²) in [6.45, 7) is 0.630. The molecular weight excluding hydrogens is 394 g/mol. The predicted octanol–water partition coefficient (Wildman–Crippen LogP) is 4.73. The number of allylic oxidation sites excluding steroid dienone is 1. The van der Waals surface area contributed by atoms with Crippen LogP contribution < -0.4 is 9.47 Å². The maximum Gasteiger partial charge on any atom is 0.235 e. The molecule has 31 heavy (non-hydrogen) atoms. The number of phenolic OH excluding ortho intramolecular Hbond substituents is 2. The molecule has 0 unspecified atom stereocenters. The smallest absolute Gasteiger partial charge is 0.235 e. The van der Waals surface area contributed by atoms with Crippen molar-refractivity contribution in [3.8, 4) is 23.0 Å². The molecule has 1 aliphatic rings. The van der Waals surface area contributed by atoms with Gasteiger partial charge in [0.25, 0.3) is 0 Å². The van der Waals surface area contributed by atoms with Gasteiger partial charge in [-0.25, -0.2) is 0 Å². The normalized spacial score (nSPS) is 14.1.